The maximum atomic E-state index is 13.3. The fourth-order valence-corrected chi connectivity index (χ4v) is 4.19. The van der Waals surface area contributed by atoms with E-state index in [1.54, 1.807) is 12.0 Å². The molecule has 2 fully saturated rings. The van der Waals surface area contributed by atoms with Gasteiger partial charge >= 0.3 is 6.61 Å². The molecule has 1 heterocycles. The zero-order chi connectivity index (χ0) is 18.0. The summed E-state index contributed by atoms with van der Waals surface area (Å²) in [5.74, 6) is 0.813. The van der Waals surface area contributed by atoms with E-state index >= 15 is 0 Å². The summed E-state index contributed by atoms with van der Waals surface area (Å²) in [5.41, 5.74) is 1.43. The molecule has 0 bridgehead atoms. The number of hydrogen-bond acceptors (Lipinski definition) is 3. The first-order chi connectivity index (χ1) is 12.0. The molecule has 6 heteroatoms. The van der Waals surface area contributed by atoms with Crippen LogP contribution in [0.3, 0.4) is 0 Å². The van der Waals surface area contributed by atoms with Crippen LogP contribution in [0, 0.1) is 6.92 Å². The van der Waals surface area contributed by atoms with E-state index in [0.717, 1.165) is 42.6 Å². The summed E-state index contributed by atoms with van der Waals surface area (Å²) in [6.45, 7) is -0.102. The van der Waals surface area contributed by atoms with Crippen molar-refractivity contribution in [2.45, 2.75) is 57.2 Å². The van der Waals surface area contributed by atoms with Gasteiger partial charge in [0.25, 0.3) is 0 Å². The maximum Gasteiger partial charge on any atom is 0.345 e. The van der Waals surface area contributed by atoms with Gasteiger partial charge in [0, 0.05) is 13.1 Å². The number of benzene rings is 1. The van der Waals surface area contributed by atoms with E-state index < -0.39 is 18.1 Å². The van der Waals surface area contributed by atoms with Crippen LogP contribution in [0.4, 0.5) is 8.78 Å². The minimum Gasteiger partial charge on any atom is -0.496 e. The number of amides is 1. The van der Waals surface area contributed by atoms with Crippen molar-refractivity contribution in [3.05, 3.63) is 29.3 Å². The average Bonchev–Trinajstić information content (AvgIpc) is 3.24. The highest BCUT2D eigenvalue weighted by molar-refractivity contribution is 5.89. The van der Waals surface area contributed by atoms with Gasteiger partial charge in [-0.1, -0.05) is 25.0 Å². The van der Waals surface area contributed by atoms with Crippen molar-refractivity contribution in [2.75, 3.05) is 20.2 Å². The molecule has 0 spiro atoms. The highest BCUT2D eigenvalue weighted by atomic mass is 19.3. The molecular weight excluding hydrogens is 328 g/mol. The molecule has 0 N–H and O–H groups in total. The van der Waals surface area contributed by atoms with Crippen LogP contribution in [0.2, 0.25) is 0 Å². The predicted molar refractivity (Wildman–Crippen MR) is 90.0 cm³/mol. The van der Waals surface area contributed by atoms with Crippen LogP contribution < -0.4 is 4.74 Å². The third-order valence-corrected chi connectivity index (χ3v) is 5.55. The second-order valence-electron chi connectivity index (χ2n) is 7.03. The van der Waals surface area contributed by atoms with Crippen molar-refractivity contribution in [1.82, 2.24) is 4.90 Å². The molecule has 1 atom stereocenters. The summed E-state index contributed by atoms with van der Waals surface area (Å²) in [6.07, 6.45) is 3.45. The van der Waals surface area contributed by atoms with Crippen molar-refractivity contribution in [3.8, 4) is 5.75 Å². The smallest absolute Gasteiger partial charge is 0.345 e. The largest absolute Gasteiger partial charge is 0.496 e. The van der Waals surface area contributed by atoms with Crippen LogP contribution in [0.15, 0.2) is 18.2 Å². The second-order valence-corrected chi connectivity index (χ2v) is 7.03. The summed E-state index contributed by atoms with van der Waals surface area (Å²) >= 11 is 0. The van der Waals surface area contributed by atoms with Gasteiger partial charge < -0.3 is 14.4 Å². The Bertz CT molecular complexity index is 629. The highest BCUT2D eigenvalue weighted by Gasteiger charge is 2.46. The molecule has 25 heavy (non-hydrogen) atoms. The summed E-state index contributed by atoms with van der Waals surface area (Å²) in [7, 11) is 1.63. The molecule has 1 saturated carbocycles. The van der Waals surface area contributed by atoms with E-state index in [0.29, 0.717) is 13.0 Å². The molecule has 0 radical (unpaired) electrons. The average molecular weight is 353 g/mol. The number of carbonyl (C=O) groups excluding carboxylic acids is 1. The topological polar surface area (TPSA) is 38.8 Å². The molecule has 0 unspecified atom stereocenters. The predicted octanol–water partition coefficient (Wildman–Crippen LogP) is 3.66. The summed E-state index contributed by atoms with van der Waals surface area (Å²) in [5, 5.41) is 0. The molecule has 4 nitrogen and oxygen atoms in total. The third-order valence-electron chi connectivity index (χ3n) is 5.55. The number of likely N-dealkylation sites (tertiary alicyclic amines) is 1. The summed E-state index contributed by atoms with van der Waals surface area (Å²) in [4.78, 5) is 15.0. The maximum absolute atomic E-state index is 13.3. The first-order valence-corrected chi connectivity index (χ1v) is 8.84. The molecular formula is C19H25F2NO3. The molecule has 0 aromatic heterocycles. The van der Waals surface area contributed by atoms with Crippen LogP contribution in [0.1, 0.15) is 43.2 Å². The Morgan fingerprint density at radius 1 is 1.32 bits per heavy atom. The van der Waals surface area contributed by atoms with E-state index in [4.69, 9.17) is 4.74 Å². The molecule has 1 aliphatic heterocycles. The number of alkyl halides is 2. The number of halogens is 2. The third kappa shape index (κ3) is 3.50. The van der Waals surface area contributed by atoms with Gasteiger partial charge in [-0.25, -0.2) is 0 Å². The zero-order valence-electron chi connectivity index (χ0n) is 14.8. The van der Waals surface area contributed by atoms with Crippen molar-refractivity contribution >= 4 is 5.91 Å². The van der Waals surface area contributed by atoms with Crippen molar-refractivity contribution in [3.63, 3.8) is 0 Å². The van der Waals surface area contributed by atoms with Crippen LogP contribution in [-0.2, 0) is 14.9 Å². The molecule has 138 valence electrons. The molecule has 1 aromatic carbocycles. The van der Waals surface area contributed by atoms with Gasteiger partial charge in [-0.15, -0.1) is 0 Å². The zero-order valence-corrected chi connectivity index (χ0v) is 14.8. The number of ether oxygens (including phenoxy) is 2. The highest BCUT2D eigenvalue weighted by Crippen LogP contribution is 2.44. The molecule has 1 aliphatic carbocycles. The first-order valence-electron chi connectivity index (χ1n) is 8.84. The quantitative estimate of drug-likeness (QED) is 0.811. The minimum absolute atomic E-state index is 0.0382. The summed E-state index contributed by atoms with van der Waals surface area (Å²) < 4.78 is 34.9. The first kappa shape index (κ1) is 18.1. The Kier molecular flexibility index (Phi) is 5.27. The van der Waals surface area contributed by atoms with Crippen LogP contribution in [-0.4, -0.2) is 43.7 Å². The Morgan fingerprint density at radius 2 is 2.04 bits per heavy atom. The van der Waals surface area contributed by atoms with Crippen LogP contribution >= 0.6 is 0 Å². The van der Waals surface area contributed by atoms with Gasteiger partial charge in [-0.05, 0) is 43.4 Å². The van der Waals surface area contributed by atoms with E-state index in [-0.39, 0.29) is 12.5 Å². The molecule has 3 rings (SSSR count). The van der Waals surface area contributed by atoms with Crippen molar-refractivity contribution < 1.29 is 23.0 Å². The Morgan fingerprint density at radius 3 is 2.68 bits per heavy atom. The number of aryl methyl sites for hydroxylation is 1. The SMILES string of the molecule is COc1cc(C2(C(=O)N3CC[C@H](OC(F)F)C3)CCCC2)ccc1C. The van der Waals surface area contributed by atoms with Crippen molar-refractivity contribution in [2.24, 2.45) is 0 Å². The van der Waals surface area contributed by atoms with Gasteiger partial charge in [-0.3, -0.25) is 4.79 Å². The van der Waals surface area contributed by atoms with Crippen molar-refractivity contribution in [1.29, 1.82) is 0 Å². The monoisotopic (exact) mass is 353 g/mol. The number of hydrogen-bond donors (Lipinski definition) is 0. The van der Waals surface area contributed by atoms with Gasteiger partial charge in [-0.2, -0.15) is 8.78 Å². The van der Waals surface area contributed by atoms with Gasteiger partial charge in [0.15, 0.2) is 0 Å². The Labute approximate surface area is 147 Å². The van der Waals surface area contributed by atoms with E-state index in [1.807, 2.05) is 25.1 Å². The lowest BCUT2D eigenvalue weighted by Gasteiger charge is -2.33. The van der Waals surface area contributed by atoms with E-state index in [2.05, 4.69) is 4.74 Å². The minimum atomic E-state index is -2.79. The fourth-order valence-electron chi connectivity index (χ4n) is 4.19. The molecule has 2 aliphatic rings. The standard InChI is InChI=1S/C19H25F2NO3/c1-13-5-6-14(11-16(13)24-2)19(8-3-4-9-19)17(23)22-10-7-15(12-22)25-18(20)21/h5-6,11,15,18H,3-4,7-10,12H2,1-2H3/t15-/m0/s1. The van der Waals surface area contributed by atoms with E-state index in [9.17, 15) is 13.6 Å². The lowest BCUT2D eigenvalue weighted by molar-refractivity contribution is -0.161. The lowest BCUT2D eigenvalue weighted by atomic mass is 9.77. The van der Waals surface area contributed by atoms with Crippen LogP contribution in [0.25, 0.3) is 0 Å². The molecule has 1 amide bonds. The number of rotatable bonds is 5. The second kappa shape index (κ2) is 7.28. The van der Waals surface area contributed by atoms with Gasteiger partial charge in [0.05, 0.1) is 18.6 Å². The van der Waals surface area contributed by atoms with E-state index in [1.165, 1.54) is 0 Å². The Hall–Kier alpha value is -1.69. The Balaban J connectivity index is 1.84. The van der Waals surface area contributed by atoms with Gasteiger partial charge in [0.1, 0.15) is 5.75 Å². The number of methoxy groups -OCH3 is 1. The summed E-state index contributed by atoms with van der Waals surface area (Å²) in [6, 6.07) is 5.94. The molecule has 1 saturated heterocycles. The fraction of sp³-hybridized carbons (Fsp3) is 0.632. The number of carbonyl (C=O) groups is 1. The lowest BCUT2D eigenvalue weighted by Crippen LogP contribution is -2.45. The van der Waals surface area contributed by atoms with Crippen LogP contribution in [0.5, 0.6) is 5.75 Å². The normalized spacial score (nSPS) is 22.6. The number of nitrogens with zero attached hydrogens (tertiary/aromatic N) is 1. The molecule has 1 aromatic rings. The van der Waals surface area contributed by atoms with Gasteiger partial charge in [0.2, 0.25) is 5.91 Å².